The number of aliphatic hydroxyl groups excluding tert-OH is 1. The zero-order valence-corrected chi connectivity index (χ0v) is 21.9. The number of aromatic hydroxyl groups is 1. The van der Waals surface area contributed by atoms with Gasteiger partial charge in [-0.3, -0.25) is 9.59 Å². The van der Waals surface area contributed by atoms with E-state index in [1.165, 1.54) is 12.0 Å². The van der Waals surface area contributed by atoms with Crippen molar-refractivity contribution in [1.29, 1.82) is 0 Å². The molecule has 10 heteroatoms. The third kappa shape index (κ3) is 4.57. The molecular weight excluding hydrogens is 542 g/mol. The minimum absolute atomic E-state index is 0.0146. The molecule has 2 atom stereocenters. The number of phenols is 1. The number of aryl methyl sites for hydroxylation is 1. The molecule has 2 aliphatic heterocycles. The molecule has 0 radical (unpaired) electrons. The van der Waals surface area contributed by atoms with Gasteiger partial charge in [0.25, 0.3) is 11.7 Å². The number of imidazole rings is 1. The second kappa shape index (κ2) is 9.93. The molecule has 1 amide bonds. The fourth-order valence-corrected chi connectivity index (χ4v) is 5.39. The Morgan fingerprint density at radius 1 is 1.24 bits per heavy atom. The zero-order valence-electron chi connectivity index (χ0n) is 20.3. The number of rotatable bonds is 7. The maximum atomic E-state index is 13.4. The largest absolute Gasteiger partial charge is 0.507 e. The van der Waals surface area contributed by atoms with E-state index in [-0.39, 0.29) is 35.5 Å². The number of Topliss-reactive ketones (excluding diaryl/α,β-unsaturated/α-hetero) is 1. The van der Waals surface area contributed by atoms with E-state index >= 15 is 0 Å². The van der Waals surface area contributed by atoms with Crippen LogP contribution in [0.3, 0.4) is 0 Å². The van der Waals surface area contributed by atoms with Crippen LogP contribution in [0.4, 0.5) is 0 Å². The average molecular weight is 568 g/mol. The van der Waals surface area contributed by atoms with Crippen LogP contribution in [0.25, 0.3) is 5.76 Å². The topological polar surface area (TPSA) is 114 Å². The first-order valence-corrected chi connectivity index (χ1v) is 12.7. The Bertz CT molecular complexity index is 1400. The highest BCUT2D eigenvalue weighted by Gasteiger charge is 2.46. The normalized spacial score (nSPS) is 20.2. The molecule has 5 rings (SSSR count). The molecule has 1 saturated heterocycles. The first-order valence-electron chi connectivity index (χ1n) is 11.9. The Labute approximate surface area is 222 Å². The van der Waals surface area contributed by atoms with E-state index in [1.54, 1.807) is 42.9 Å². The fourth-order valence-electron chi connectivity index (χ4n) is 4.93. The van der Waals surface area contributed by atoms with Gasteiger partial charge in [0.2, 0.25) is 0 Å². The minimum atomic E-state index is -0.878. The highest BCUT2D eigenvalue weighted by molar-refractivity contribution is 9.10. The Balaban J connectivity index is 1.59. The number of ketones is 1. The number of methoxy groups -OCH3 is 1. The van der Waals surface area contributed by atoms with E-state index in [1.807, 2.05) is 17.7 Å². The van der Waals surface area contributed by atoms with E-state index in [0.717, 1.165) is 11.3 Å². The number of ether oxygens (including phenoxy) is 2. The summed E-state index contributed by atoms with van der Waals surface area (Å²) >= 11 is 3.33. The number of carbonyl (C=O) groups excluding carboxylic acids is 2. The maximum Gasteiger partial charge on any atom is 0.295 e. The molecule has 1 aromatic heterocycles. The van der Waals surface area contributed by atoms with Crippen LogP contribution in [0.15, 0.2) is 59.1 Å². The van der Waals surface area contributed by atoms with Crippen LogP contribution < -0.4 is 9.47 Å². The van der Waals surface area contributed by atoms with Gasteiger partial charge in [-0.1, -0.05) is 0 Å². The van der Waals surface area contributed by atoms with Gasteiger partial charge in [-0.15, -0.1) is 0 Å². The van der Waals surface area contributed by atoms with Crippen molar-refractivity contribution in [2.24, 2.45) is 0 Å². The number of aromatic nitrogens is 2. The number of hydrogen-bond acceptors (Lipinski definition) is 7. The van der Waals surface area contributed by atoms with Crippen molar-refractivity contribution < 1.29 is 29.3 Å². The number of halogens is 1. The van der Waals surface area contributed by atoms with Crippen LogP contribution in [0.5, 0.6) is 17.2 Å². The van der Waals surface area contributed by atoms with Crippen molar-refractivity contribution in [3.8, 4) is 17.2 Å². The summed E-state index contributed by atoms with van der Waals surface area (Å²) in [5.74, 6) is -0.899. The zero-order chi connectivity index (χ0) is 26.3. The van der Waals surface area contributed by atoms with Crippen LogP contribution in [0.2, 0.25) is 0 Å². The highest BCUT2D eigenvalue weighted by Crippen LogP contribution is 2.44. The maximum absolute atomic E-state index is 13.4. The second-order valence-electron chi connectivity index (χ2n) is 9.16. The van der Waals surface area contributed by atoms with Gasteiger partial charge < -0.3 is 29.2 Å². The van der Waals surface area contributed by atoms with Gasteiger partial charge in [0.05, 0.1) is 29.5 Å². The number of phenolic OH excluding ortho intramolecular Hbond substituents is 1. The van der Waals surface area contributed by atoms with Crippen molar-refractivity contribution in [3.63, 3.8) is 0 Å². The van der Waals surface area contributed by atoms with Gasteiger partial charge in [0.1, 0.15) is 17.6 Å². The molecular formula is C27H26BrN3O6. The highest BCUT2D eigenvalue weighted by atomic mass is 79.9. The Morgan fingerprint density at radius 2 is 2.05 bits per heavy atom. The quantitative estimate of drug-likeness (QED) is 0.250. The molecule has 1 fully saturated rings. The van der Waals surface area contributed by atoms with Crippen LogP contribution in [-0.2, 0) is 22.6 Å². The molecule has 0 spiro atoms. The first kappa shape index (κ1) is 24.9. The molecule has 0 bridgehead atoms. The average Bonchev–Trinajstić information content (AvgIpc) is 3.59. The van der Waals surface area contributed by atoms with Gasteiger partial charge in [-0.2, -0.15) is 0 Å². The van der Waals surface area contributed by atoms with Crippen LogP contribution in [0.1, 0.15) is 36.1 Å². The molecule has 0 saturated carbocycles. The number of aliphatic hydroxyl groups is 1. The van der Waals surface area contributed by atoms with E-state index in [9.17, 15) is 19.8 Å². The second-order valence-corrected chi connectivity index (χ2v) is 10.0. The molecule has 2 N–H and O–H groups in total. The van der Waals surface area contributed by atoms with Crippen molar-refractivity contribution in [3.05, 3.63) is 75.8 Å². The SMILES string of the molecule is COc1cc([C@@H]2C(=C(O)c3ccc4c(c3)C[C@@H](C)O4)C(=O)C(=O)N2CCCn2ccnc2)cc(Br)c1O. The number of fused-ring (bicyclic) bond motifs is 1. The number of hydrogen-bond donors (Lipinski definition) is 2. The van der Waals surface area contributed by atoms with Gasteiger partial charge in [-0.25, -0.2) is 4.98 Å². The Hall–Kier alpha value is -3.79. The number of benzene rings is 2. The van der Waals surface area contributed by atoms with Crippen molar-refractivity contribution in [2.75, 3.05) is 13.7 Å². The molecule has 3 aromatic rings. The lowest BCUT2D eigenvalue weighted by Gasteiger charge is -2.26. The Morgan fingerprint density at radius 3 is 2.78 bits per heavy atom. The van der Waals surface area contributed by atoms with Crippen molar-refractivity contribution >= 4 is 33.4 Å². The number of carbonyl (C=O) groups is 2. The Kier molecular flexibility index (Phi) is 6.68. The van der Waals surface area contributed by atoms with E-state index in [0.29, 0.717) is 35.0 Å². The summed E-state index contributed by atoms with van der Waals surface area (Å²) in [4.78, 5) is 32.1. The van der Waals surface area contributed by atoms with E-state index in [2.05, 4.69) is 20.9 Å². The van der Waals surface area contributed by atoms with Gasteiger partial charge in [0, 0.05) is 37.5 Å². The monoisotopic (exact) mass is 567 g/mol. The van der Waals surface area contributed by atoms with Gasteiger partial charge in [0.15, 0.2) is 11.5 Å². The molecule has 3 heterocycles. The third-order valence-corrected chi connectivity index (χ3v) is 7.27. The summed E-state index contributed by atoms with van der Waals surface area (Å²) in [6.07, 6.45) is 6.46. The van der Waals surface area contributed by atoms with Crippen molar-refractivity contribution in [1.82, 2.24) is 14.5 Å². The minimum Gasteiger partial charge on any atom is -0.507 e. The predicted octanol–water partition coefficient (Wildman–Crippen LogP) is 4.20. The summed E-state index contributed by atoms with van der Waals surface area (Å²) in [6, 6.07) is 7.57. The molecule has 9 nitrogen and oxygen atoms in total. The summed E-state index contributed by atoms with van der Waals surface area (Å²) in [6.45, 7) is 2.83. The molecule has 2 aromatic carbocycles. The number of amides is 1. The van der Waals surface area contributed by atoms with Gasteiger partial charge in [-0.05, 0) is 70.7 Å². The van der Waals surface area contributed by atoms with Crippen LogP contribution in [0, 0.1) is 0 Å². The molecule has 37 heavy (non-hydrogen) atoms. The van der Waals surface area contributed by atoms with E-state index < -0.39 is 17.7 Å². The summed E-state index contributed by atoms with van der Waals surface area (Å²) in [5, 5.41) is 21.8. The summed E-state index contributed by atoms with van der Waals surface area (Å²) < 4.78 is 13.3. The van der Waals surface area contributed by atoms with Crippen molar-refractivity contribution in [2.45, 2.75) is 38.5 Å². The fraction of sp³-hybridized carbons (Fsp3) is 0.296. The number of likely N-dealkylation sites (tertiary alicyclic amines) is 1. The summed E-state index contributed by atoms with van der Waals surface area (Å²) in [7, 11) is 1.42. The standard InChI is InChI=1S/C27H26BrN3O6/c1-15-10-17-11-16(4-5-20(17)37-15)24(32)22-23(18-12-19(28)25(33)21(13-18)36-2)31(27(35)26(22)34)8-3-7-30-9-6-29-14-30/h4-6,9,11-15,23,32-33H,3,7-8,10H2,1-2H3/t15-,23-/m1/s1. The smallest absolute Gasteiger partial charge is 0.295 e. The first-order chi connectivity index (χ1) is 17.8. The lowest BCUT2D eigenvalue weighted by atomic mass is 9.94. The lowest BCUT2D eigenvalue weighted by Crippen LogP contribution is -2.31. The lowest BCUT2D eigenvalue weighted by molar-refractivity contribution is -0.139. The molecule has 2 aliphatic rings. The van der Waals surface area contributed by atoms with Crippen LogP contribution in [-0.4, -0.2) is 56.1 Å². The van der Waals surface area contributed by atoms with E-state index in [4.69, 9.17) is 9.47 Å². The van der Waals surface area contributed by atoms with Crippen LogP contribution >= 0.6 is 15.9 Å². The molecule has 0 unspecified atom stereocenters. The summed E-state index contributed by atoms with van der Waals surface area (Å²) in [5.41, 5.74) is 1.86. The third-order valence-electron chi connectivity index (χ3n) is 6.67. The van der Waals surface area contributed by atoms with Gasteiger partial charge >= 0.3 is 0 Å². The molecule has 192 valence electrons. The predicted molar refractivity (Wildman–Crippen MR) is 138 cm³/mol. The number of nitrogens with zero attached hydrogens (tertiary/aromatic N) is 3. The molecule has 0 aliphatic carbocycles.